The average molecular weight is 672 g/mol. The number of nitrogens with one attached hydrogen (secondary N) is 1. The highest BCUT2D eigenvalue weighted by Gasteiger charge is 2.18. The van der Waals surface area contributed by atoms with Gasteiger partial charge in [-0.1, -0.05) is 54.2 Å². The molecule has 0 atom stereocenters. The van der Waals surface area contributed by atoms with E-state index in [2.05, 4.69) is 25.3 Å². The van der Waals surface area contributed by atoms with Crippen molar-refractivity contribution in [2.24, 2.45) is 0 Å². The van der Waals surface area contributed by atoms with Gasteiger partial charge in [0.1, 0.15) is 5.88 Å². The third kappa shape index (κ3) is 7.85. The van der Waals surface area contributed by atoms with Crippen molar-refractivity contribution in [3.8, 4) is 11.3 Å². The summed E-state index contributed by atoms with van der Waals surface area (Å²) in [6, 6.07) is 16.0. The molecule has 0 saturated heterocycles. The van der Waals surface area contributed by atoms with Crippen molar-refractivity contribution >= 4 is 71.7 Å². The van der Waals surface area contributed by atoms with Crippen LogP contribution in [0.5, 0.6) is 0 Å². The van der Waals surface area contributed by atoms with Gasteiger partial charge in [-0.05, 0) is 24.1 Å². The van der Waals surface area contributed by atoms with Crippen molar-refractivity contribution < 1.29 is 21.6 Å². The monoisotopic (exact) mass is 671 g/mol. The van der Waals surface area contributed by atoms with Crippen molar-refractivity contribution in [3.63, 3.8) is 0 Å². The van der Waals surface area contributed by atoms with Gasteiger partial charge in [-0.15, -0.1) is 11.3 Å². The zero-order chi connectivity index (χ0) is 31.3. The Bertz CT molecular complexity index is 2060. The van der Waals surface area contributed by atoms with Gasteiger partial charge < -0.3 is 5.32 Å². The number of fused-ring (bicyclic) bond motifs is 1. The number of anilines is 2. The summed E-state index contributed by atoms with van der Waals surface area (Å²) >= 11 is 2.26. The van der Waals surface area contributed by atoms with Crippen LogP contribution < -0.4 is 15.2 Å². The molecular weight excluding hydrogens is 647 g/mol. The van der Waals surface area contributed by atoms with Crippen LogP contribution in [0.3, 0.4) is 0 Å². The van der Waals surface area contributed by atoms with E-state index in [0.717, 1.165) is 27.9 Å². The molecule has 228 valence electrons. The Morgan fingerprint density at radius 3 is 2.59 bits per heavy atom. The van der Waals surface area contributed by atoms with Crippen molar-refractivity contribution in [2.75, 3.05) is 27.5 Å². The van der Waals surface area contributed by atoms with Gasteiger partial charge in [0.15, 0.2) is 31.3 Å². The molecule has 5 rings (SSSR count). The average Bonchev–Trinajstić information content (AvgIpc) is 3.47. The first-order valence-corrected chi connectivity index (χ1v) is 18.0. The Balaban J connectivity index is 1.29. The van der Waals surface area contributed by atoms with E-state index in [9.17, 15) is 26.4 Å². The molecule has 3 aromatic heterocycles. The molecule has 0 aliphatic heterocycles. The second kappa shape index (κ2) is 13.6. The fourth-order valence-electron chi connectivity index (χ4n) is 4.14. The summed E-state index contributed by atoms with van der Waals surface area (Å²) in [7, 11) is -6.81. The molecule has 44 heavy (non-hydrogen) atoms. The lowest BCUT2D eigenvalue weighted by atomic mass is 10.1. The van der Waals surface area contributed by atoms with Gasteiger partial charge >= 0.3 is 0 Å². The van der Waals surface area contributed by atoms with Crippen LogP contribution in [0.4, 0.5) is 10.8 Å². The molecule has 0 aliphatic rings. The Morgan fingerprint density at radius 2 is 1.84 bits per heavy atom. The summed E-state index contributed by atoms with van der Waals surface area (Å²) in [4.78, 5) is 43.4. The molecule has 0 unspecified atom stereocenters. The first kappa shape index (κ1) is 31.2. The van der Waals surface area contributed by atoms with E-state index in [1.807, 2.05) is 30.3 Å². The molecule has 0 radical (unpaired) electrons. The minimum atomic E-state index is -3.61. The zero-order valence-corrected chi connectivity index (χ0v) is 26.4. The molecule has 1 amide bonds. The molecule has 5 aromatic rings. The Labute approximate surface area is 262 Å². The first-order valence-electron chi connectivity index (χ1n) is 12.9. The lowest BCUT2D eigenvalue weighted by Gasteiger charge is -2.17. The van der Waals surface area contributed by atoms with Gasteiger partial charge in [0.2, 0.25) is 16.8 Å². The molecule has 17 heteroatoms. The van der Waals surface area contributed by atoms with Crippen LogP contribution in [0.25, 0.3) is 22.4 Å². The second-order valence-corrected chi connectivity index (χ2v) is 14.3. The number of sulfone groups is 1. The summed E-state index contributed by atoms with van der Waals surface area (Å²) in [5.41, 5.74) is 2.21. The number of amides is 1. The summed E-state index contributed by atoms with van der Waals surface area (Å²) in [6.07, 6.45) is 4.41. The molecule has 0 bridgehead atoms. The summed E-state index contributed by atoms with van der Waals surface area (Å²) < 4.78 is 49.2. The van der Waals surface area contributed by atoms with Gasteiger partial charge in [-0.2, -0.15) is 0 Å². The number of carbonyl (C=O) groups is 1. The number of aryl methyl sites for hydroxylation is 1. The number of thioether (sulfide) groups is 1. The molecule has 13 nitrogen and oxygen atoms in total. The fourth-order valence-corrected chi connectivity index (χ4v) is 7.60. The van der Waals surface area contributed by atoms with Crippen LogP contribution in [0.1, 0.15) is 5.56 Å². The number of nitrogens with zero attached hydrogens (tertiary/aromatic N) is 6. The molecule has 2 aromatic carbocycles. The minimum Gasteiger partial charge on any atom is -0.301 e. The summed E-state index contributed by atoms with van der Waals surface area (Å²) in [6.45, 7) is 0.337. The van der Waals surface area contributed by atoms with Crippen LogP contribution >= 0.6 is 23.1 Å². The van der Waals surface area contributed by atoms with Crippen LogP contribution in [0.15, 0.2) is 82.3 Å². The highest BCUT2D eigenvalue weighted by Crippen LogP contribution is 2.29. The fraction of sp³-hybridized carbons (Fsp3) is 0.185. The Morgan fingerprint density at radius 1 is 1.07 bits per heavy atom. The number of carbonyl (C=O) groups excluding carboxylic acids is 1. The number of aromatic nitrogens is 5. The van der Waals surface area contributed by atoms with Crippen molar-refractivity contribution in [3.05, 3.63) is 88.3 Å². The largest absolute Gasteiger partial charge is 0.301 e. The minimum absolute atomic E-state index is 0.0645. The van der Waals surface area contributed by atoms with E-state index in [4.69, 9.17) is 0 Å². The van der Waals surface area contributed by atoms with Gasteiger partial charge in [0.05, 0.1) is 17.1 Å². The van der Waals surface area contributed by atoms with E-state index in [1.54, 1.807) is 17.5 Å². The van der Waals surface area contributed by atoms with Crippen LogP contribution in [-0.2, 0) is 38.5 Å². The van der Waals surface area contributed by atoms with Gasteiger partial charge in [0, 0.05) is 36.1 Å². The van der Waals surface area contributed by atoms with Crippen LogP contribution in [-0.4, -0.2) is 65.1 Å². The molecule has 3 heterocycles. The van der Waals surface area contributed by atoms with Crippen molar-refractivity contribution in [1.29, 1.82) is 0 Å². The highest BCUT2D eigenvalue weighted by molar-refractivity contribution is 7.99. The summed E-state index contributed by atoms with van der Waals surface area (Å²) in [5, 5.41) is 5.06. The zero-order valence-electron chi connectivity index (χ0n) is 23.1. The lowest BCUT2D eigenvalue weighted by molar-refractivity contribution is -0.113. The molecule has 0 aliphatic carbocycles. The predicted molar refractivity (Wildman–Crippen MR) is 171 cm³/mol. The van der Waals surface area contributed by atoms with E-state index in [0.29, 0.717) is 34.5 Å². The van der Waals surface area contributed by atoms with Crippen LogP contribution in [0.2, 0.25) is 0 Å². The maximum absolute atomic E-state index is 13.2. The SMILES string of the molecule is CS(=O)(=O)CN(c1cccc(-c2csc(NC(=O)CSc3nc4nccnc4c(=O)n3CCc3ccccc3)n2)c1)[SH](=O)=O. The Hall–Kier alpha value is -4.19. The van der Waals surface area contributed by atoms with Crippen molar-refractivity contribution in [2.45, 2.75) is 18.1 Å². The maximum Gasteiger partial charge on any atom is 0.282 e. The molecule has 0 spiro atoms. The standard InChI is InChI=1S/C27H25N7O6S4/c1-44(39,40)17-34(43(37)38)20-9-5-8-19(14-20)21-15-41-26(30-21)31-22(35)16-42-27-32-24-23(28-11-12-29-24)25(36)33(27)13-10-18-6-3-2-4-7-18/h2-9,11-12,14-15,43H,10,13,16-17H2,1H3,(H,30,31,35). The van der Waals surface area contributed by atoms with Gasteiger partial charge in [-0.25, -0.2) is 36.8 Å². The predicted octanol–water partition coefficient (Wildman–Crippen LogP) is 2.62. The lowest BCUT2D eigenvalue weighted by Crippen LogP contribution is -2.27. The van der Waals surface area contributed by atoms with E-state index < -0.39 is 26.6 Å². The quantitative estimate of drug-likeness (QED) is 0.113. The number of hydrogen-bond acceptors (Lipinski definition) is 12. The number of thiol groups is 1. The first-order chi connectivity index (χ1) is 21.1. The normalized spacial score (nSPS) is 11.6. The van der Waals surface area contributed by atoms with Crippen molar-refractivity contribution in [1.82, 2.24) is 24.5 Å². The topological polar surface area (TPSA) is 174 Å². The van der Waals surface area contributed by atoms with E-state index >= 15 is 0 Å². The molecular formula is C27H25N7O6S4. The number of hydrogen-bond donors (Lipinski definition) is 2. The molecule has 0 saturated carbocycles. The third-order valence-corrected chi connectivity index (χ3v) is 9.52. The Kier molecular flexibility index (Phi) is 9.68. The second-order valence-electron chi connectivity index (χ2n) is 9.43. The highest BCUT2D eigenvalue weighted by atomic mass is 32.2. The maximum atomic E-state index is 13.2. The molecule has 0 fully saturated rings. The van der Waals surface area contributed by atoms with E-state index in [1.165, 1.54) is 40.4 Å². The summed E-state index contributed by atoms with van der Waals surface area (Å²) in [5.74, 6) is -1.13. The van der Waals surface area contributed by atoms with Crippen LogP contribution in [0, 0.1) is 0 Å². The third-order valence-electron chi connectivity index (χ3n) is 6.10. The number of rotatable bonds is 12. The van der Waals surface area contributed by atoms with E-state index in [-0.39, 0.29) is 34.1 Å². The smallest absolute Gasteiger partial charge is 0.282 e. The van der Waals surface area contributed by atoms with Gasteiger partial charge in [-0.3, -0.25) is 18.5 Å². The molecule has 1 N–H and O–H groups in total. The number of thiazole rings is 1. The number of benzene rings is 2. The van der Waals surface area contributed by atoms with Gasteiger partial charge in [0.25, 0.3) is 5.56 Å².